The highest BCUT2D eigenvalue weighted by molar-refractivity contribution is 5.97. The van der Waals surface area contributed by atoms with E-state index in [2.05, 4.69) is 15.3 Å². The Bertz CT molecular complexity index is 1640. The lowest BCUT2D eigenvalue weighted by Crippen LogP contribution is -2.31. The van der Waals surface area contributed by atoms with Crippen molar-refractivity contribution >= 4 is 16.9 Å². The Hall–Kier alpha value is -4.78. The maximum Gasteiger partial charge on any atom is 0.257 e. The average molecular weight is 489 g/mol. The van der Waals surface area contributed by atoms with Gasteiger partial charge in [0.25, 0.3) is 5.91 Å². The van der Waals surface area contributed by atoms with Gasteiger partial charge in [0.1, 0.15) is 17.8 Å². The molecule has 1 aliphatic rings. The van der Waals surface area contributed by atoms with E-state index >= 15 is 0 Å². The fourth-order valence-corrected chi connectivity index (χ4v) is 4.21. The molecule has 0 aliphatic heterocycles. The zero-order valence-corrected chi connectivity index (χ0v) is 20.0. The number of hydrogen-bond acceptors (Lipinski definition) is 5. The fourth-order valence-electron chi connectivity index (χ4n) is 4.21. The lowest BCUT2D eigenvalue weighted by atomic mass is 10.1. The summed E-state index contributed by atoms with van der Waals surface area (Å²) in [7, 11) is 0. The van der Waals surface area contributed by atoms with E-state index in [0.29, 0.717) is 23.5 Å². The maximum atomic E-state index is 13.1. The number of ether oxygens (including phenoxy) is 1. The van der Waals surface area contributed by atoms with Gasteiger partial charge in [-0.25, -0.2) is 9.97 Å². The van der Waals surface area contributed by atoms with Gasteiger partial charge in [0, 0.05) is 41.9 Å². The number of nitrogens with zero attached hydrogens (tertiary/aromatic N) is 3. The van der Waals surface area contributed by atoms with Crippen LogP contribution in [0.3, 0.4) is 0 Å². The van der Waals surface area contributed by atoms with Crippen LogP contribution in [0.1, 0.15) is 28.8 Å². The molecule has 1 N–H and O–H groups in total. The summed E-state index contributed by atoms with van der Waals surface area (Å²) in [5, 5.41) is 3.33. The Kier molecular flexibility index (Phi) is 5.94. The lowest BCUT2D eigenvalue weighted by Gasteiger charge is -2.14. The van der Waals surface area contributed by atoms with Crippen molar-refractivity contribution in [3.63, 3.8) is 0 Å². The summed E-state index contributed by atoms with van der Waals surface area (Å²) in [6.07, 6.45) is 6.90. The second-order valence-corrected chi connectivity index (χ2v) is 9.07. The third kappa shape index (κ3) is 4.84. The Labute approximate surface area is 213 Å². The van der Waals surface area contributed by atoms with E-state index in [0.717, 1.165) is 35.2 Å². The minimum absolute atomic E-state index is 0.111. The Morgan fingerprint density at radius 1 is 0.946 bits per heavy atom. The van der Waals surface area contributed by atoms with Crippen molar-refractivity contribution in [2.75, 3.05) is 0 Å². The first kappa shape index (κ1) is 22.7. The van der Waals surface area contributed by atoms with Gasteiger partial charge in [-0.05, 0) is 54.3 Å². The zero-order chi connectivity index (χ0) is 25.2. The molecule has 0 radical (unpaired) electrons. The molecule has 0 unspecified atom stereocenters. The Morgan fingerprint density at radius 3 is 2.59 bits per heavy atom. The van der Waals surface area contributed by atoms with Crippen LogP contribution in [0, 0.1) is 0 Å². The Balaban J connectivity index is 1.32. The van der Waals surface area contributed by atoms with Crippen LogP contribution in [0.15, 0.2) is 102 Å². The molecule has 3 heterocycles. The van der Waals surface area contributed by atoms with Crippen LogP contribution in [0.25, 0.3) is 27.8 Å². The SMILES string of the molecule is O=C(NC1CC1)c1cn(-c2cccc(-c3ccc(OCc4ccccc4)nc3)c2)c2ncccc2c1=O. The van der Waals surface area contributed by atoms with Gasteiger partial charge in [0.05, 0.1) is 5.39 Å². The van der Waals surface area contributed by atoms with Crippen molar-refractivity contribution in [2.24, 2.45) is 0 Å². The van der Waals surface area contributed by atoms with E-state index in [9.17, 15) is 9.59 Å². The molecule has 37 heavy (non-hydrogen) atoms. The first-order valence-electron chi connectivity index (χ1n) is 12.2. The quantitative estimate of drug-likeness (QED) is 0.352. The highest BCUT2D eigenvalue weighted by Crippen LogP contribution is 2.25. The number of aromatic nitrogens is 3. The number of rotatable bonds is 7. The van der Waals surface area contributed by atoms with E-state index in [1.165, 1.54) is 0 Å². The maximum absolute atomic E-state index is 13.1. The van der Waals surface area contributed by atoms with Crippen molar-refractivity contribution in [3.05, 3.63) is 119 Å². The molecule has 3 aromatic heterocycles. The largest absolute Gasteiger partial charge is 0.473 e. The van der Waals surface area contributed by atoms with Crippen LogP contribution in [0.5, 0.6) is 5.88 Å². The predicted molar refractivity (Wildman–Crippen MR) is 142 cm³/mol. The van der Waals surface area contributed by atoms with Crippen LogP contribution >= 0.6 is 0 Å². The van der Waals surface area contributed by atoms with Crippen molar-refractivity contribution in [2.45, 2.75) is 25.5 Å². The average Bonchev–Trinajstić information content (AvgIpc) is 3.77. The highest BCUT2D eigenvalue weighted by Gasteiger charge is 2.26. The van der Waals surface area contributed by atoms with Crippen LogP contribution in [-0.2, 0) is 6.61 Å². The number of fused-ring (bicyclic) bond motifs is 1. The summed E-state index contributed by atoms with van der Waals surface area (Å²) in [5.74, 6) is 0.198. The molecule has 182 valence electrons. The van der Waals surface area contributed by atoms with Crippen molar-refractivity contribution in [1.29, 1.82) is 0 Å². The normalized spacial score (nSPS) is 12.9. The molecule has 1 fully saturated rings. The van der Waals surface area contributed by atoms with Crippen LogP contribution in [0.4, 0.5) is 0 Å². The molecular formula is C30H24N4O3. The van der Waals surface area contributed by atoms with Gasteiger partial charge in [-0.15, -0.1) is 0 Å². The van der Waals surface area contributed by atoms with Crippen molar-refractivity contribution in [1.82, 2.24) is 19.9 Å². The monoisotopic (exact) mass is 488 g/mol. The number of hydrogen-bond donors (Lipinski definition) is 1. The predicted octanol–water partition coefficient (Wildman–Crippen LogP) is 4.92. The molecular weight excluding hydrogens is 464 g/mol. The molecule has 7 nitrogen and oxygen atoms in total. The number of pyridine rings is 3. The molecule has 0 saturated heterocycles. The van der Waals surface area contributed by atoms with Gasteiger partial charge in [-0.2, -0.15) is 0 Å². The third-order valence-corrected chi connectivity index (χ3v) is 6.34. The highest BCUT2D eigenvalue weighted by atomic mass is 16.5. The van der Waals surface area contributed by atoms with Gasteiger partial charge in [0.15, 0.2) is 0 Å². The molecule has 0 atom stereocenters. The summed E-state index contributed by atoms with van der Waals surface area (Å²) in [6, 6.07) is 25.2. The number of nitrogens with one attached hydrogen (secondary N) is 1. The second-order valence-electron chi connectivity index (χ2n) is 9.07. The number of amides is 1. The van der Waals surface area contributed by atoms with Crippen LogP contribution in [0.2, 0.25) is 0 Å². The van der Waals surface area contributed by atoms with Crippen LogP contribution in [-0.4, -0.2) is 26.5 Å². The standard InChI is InChI=1S/C30H24N4O3/c35-28-25-10-5-15-31-29(25)34(18-26(28)30(36)33-23-12-13-23)24-9-4-8-21(16-24)22-11-14-27(32-17-22)37-19-20-6-2-1-3-7-20/h1-11,14-18,23H,12-13,19H2,(H,33,36). The molecule has 0 bridgehead atoms. The summed E-state index contributed by atoms with van der Waals surface area (Å²) in [6.45, 7) is 0.450. The summed E-state index contributed by atoms with van der Waals surface area (Å²) >= 11 is 0. The molecule has 1 aliphatic carbocycles. The van der Waals surface area contributed by atoms with Gasteiger partial charge in [-0.1, -0.05) is 42.5 Å². The number of benzene rings is 2. The molecule has 2 aromatic carbocycles. The van der Waals surface area contributed by atoms with E-state index in [1.54, 1.807) is 35.3 Å². The van der Waals surface area contributed by atoms with E-state index in [-0.39, 0.29) is 22.9 Å². The molecule has 5 aromatic rings. The second kappa shape index (κ2) is 9.70. The summed E-state index contributed by atoms with van der Waals surface area (Å²) in [4.78, 5) is 34.9. The smallest absolute Gasteiger partial charge is 0.257 e. The minimum Gasteiger partial charge on any atom is -0.473 e. The van der Waals surface area contributed by atoms with Gasteiger partial charge in [-0.3, -0.25) is 9.59 Å². The molecule has 1 saturated carbocycles. The van der Waals surface area contributed by atoms with E-state index < -0.39 is 0 Å². The Morgan fingerprint density at radius 2 is 1.81 bits per heavy atom. The van der Waals surface area contributed by atoms with E-state index in [4.69, 9.17) is 4.74 Å². The molecule has 0 spiro atoms. The minimum atomic E-state index is -0.349. The fraction of sp³-hybridized carbons (Fsp3) is 0.133. The van der Waals surface area contributed by atoms with Crippen molar-refractivity contribution in [3.8, 4) is 22.7 Å². The lowest BCUT2D eigenvalue weighted by molar-refractivity contribution is 0.0949. The third-order valence-electron chi connectivity index (χ3n) is 6.34. The van der Waals surface area contributed by atoms with E-state index in [1.807, 2.05) is 66.7 Å². The van der Waals surface area contributed by atoms with Crippen LogP contribution < -0.4 is 15.5 Å². The number of carbonyl (C=O) groups is 1. The van der Waals surface area contributed by atoms with Gasteiger partial charge < -0.3 is 14.6 Å². The summed E-state index contributed by atoms with van der Waals surface area (Å²) < 4.78 is 7.61. The molecule has 7 heteroatoms. The first-order valence-corrected chi connectivity index (χ1v) is 12.2. The molecule has 1 amide bonds. The number of carbonyl (C=O) groups excluding carboxylic acids is 1. The van der Waals surface area contributed by atoms with Gasteiger partial charge >= 0.3 is 0 Å². The first-order chi connectivity index (χ1) is 18.2. The zero-order valence-electron chi connectivity index (χ0n) is 20.0. The summed E-state index contributed by atoms with van der Waals surface area (Å²) in [5.41, 5.74) is 4.00. The topological polar surface area (TPSA) is 86.1 Å². The molecule has 6 rings (SSSR count). The van der Waals surface area contributed by atoms with Crippen molar-refractivity contribution < 1.29 is 9.53 Å². The van der Waals surface area contributed by atoms with Gasteiger partial charge in [0.2, 0.25) is 11.3 Å².